The number of benzene rings is 1. The lowest BCUT2D eigenvalue weighted by Gasteiger charge is -2.21. The highest BCUT2D eigenvalue weighted by Gasteiger charge is 2.23. The normalized spacial score (nSPS) is 10.9. The first-order valence-electron chi connectivity index (χ1n) is 7.54. The average molecular weight is 416 g/mol. The summed E-state index contributed by atoms with van der Waals surface area (Å²) in [6.45, 7) is 3.39. The number of hydrogen-bond acceptors (Lipinski definition) is 5. The maximum absolute atomic E-state index is 13.0. The molecule has 0 saturated carbocycles. The molecule has 1 amide bonds. The number of rotatable bonds is 5. The number of thiazole rings is 1. The summed E-state index contributed by atoms with van der Waals surface area (Å²) in [4.78, 5) is 22.1. The molecule has 2 heterocycles. The van der Waals surface area contributed by atoms with E-state index in [0.717, 1.165) is 27.5 Å². The summed E-state index contributed by atoms with van der Waals surface area (Å²) in [5.74, 6) is -0.0505. The Morgan fingerprint density at radius 2 is 1.92 bits per heavy atom. The Balaban J connectivity index is 0.00000225. The molecule has 0 bridgehead atoms. The second-order valence-corrected chi connectivity index (χ2v) is 8.51. The maximum Gasteiger partial charge on any atom is 0.270 e. The van der Waals surface area contributed by atoms with Crippen molar-refractivity contribution in [3.63, 3.8) is 0 Å². The van der Waals surface area contributed by atoms with Crippen LogP contribution < -0.4 is 4.90 Å². The number of carbonyl (C=O) groups is 1. The molecular weight excluding hydrogens is 397 g/mol. The van der Waals surface area contributed by atoms with E-state index in [1.54, 1.807) is 28.4 Å². The first-order valence-corrected chi connectivity index (χ1v) is 9.55. The number of anilines is 1. The molecule has 4 nitrogen and oxygen atoms in total. The number of para-hydroxylation sites is 1. The van der Waals surface area contributed by atoms with E-state index < -0.39 is 0 Å². The van der Waals surface area contributed by atoms with Gasteiger partial charge in [-0.25, -0.2) is 4.98 Å². The number of thiophene rings is 1. The minimum Gasteiger partial charge on any atom is -0.308 e. The number of halogens is 2. The molecule has 0 radical (unpaired) electrons. The lowest BCUT2D eigenvalue weighted by molar-refractivity contribution is 0.0989. The zero-order chi connectivity index (χ0) is 17.3. The summed E-state index contributed by atoms with van der Waals surface area (Å²) in [7, 11) is 3.99. The van der Waals surface area contributed by atoms with Crippen LogP contribution in [0.15, 0.2) is 30.3 Å². The molecule has 0 saturated heterocycles. The lowest BCUT2D eigenvalue weighted by atomic mass is 10.2. The van der Waals surface area contributed by atoms with Crippen LogP contribution in [-0.2, 0) is 0 Å². The Bertz CT molecular complexity index is 876. The molecule has 0 unspecified atom stereocenters. The molecule has 1 aromatic carbocycles. The van der Waals surface area contributed by atoms with E-state index in [9.17, 15) is 4.79 Å². The van der Waals surface area contributed by atoms with Crippen molar-refractivity contribution in [2.24, 2.45) is 0 Å². The van der Waals surface area contributed by atoms with E-state index >= 15 is 0 Å². The van der Waals surface area contributed by atoms with Crippen molar-refractivity contribution in [2.75, 3.05) is 32.1 Å². The van der Waals surface area contributed by atoms with E-state index in [1.165, 1.54) is 11.3 Å². The van der Waals surface area contributed by atoms with Gasteiger partial charge in [-0.15, -0.1) is 23.7 Å². The number of hydrogen-bond donors (Lipinski definition) is 0. The van der Waals surface area contributed by atoms with Gasteiger partial charge >= 0.3 is 0 Å². The summed E-state index contributed by atoms with van der Waals surface area (Å²) < 4.78 is 1.71. The average Bonchev–Trinajstić information content (AvgIpc) is 3.14. The number of likely N-dealkylation sites (N-methyl/N-ethyl adjacent to an activating group) is 1. The zero-order valence-corrected chi connectivity index (χ0v) is 17.4. The summed E-state index contributed by atoms with van der Waals surface area (Å²) in [5.41, 5.74) is 2.08. The summed E-state index contributed by atoms with van der Waals surface area (Å²) in [5, 5.41) is 0.732. The topological polar surface area (TPSA) is 36.4 Å². The number of nitrogens with zero attached hydrogens (tertiary/aromatic N) is 3. The Labute approximate surface area is 166 Å². The quantitative estimate of drug-likeness (QED) is 0.591. The van der Waals surface area contributed by atoms with Crippen LogP contribution in [-0.4, -0.2) is 43.0 Å². The number of carbonyl (C=O) groups excluding carboxylic acids is 1. The molecule has 134 valence electrons. The largest absolute Gasteiger partial charge is 0.308 e. The van der Waals surface area contributed by atoms with Crippen LogP contribution in [0.4, 0.5) is 5.13 Å². The van der Waals surface area contributed by atoms with Crippen LogP contribution in [0.1, 0.15) is 15.2 Å². The molecule has 0 fully saturated rings. The summed E-state index contributed by atoms with van der Waals surface area (Å²) in [6.07, 6.45) is 0. The van der Waals surface area contributed by atoms with Gasteiger partial charge in [0.2, 0.25) is 0 Å². The molecular formula is C17H19Cl2N3OS2. The van der Waals surface area contributed by atoms with Gasteiger partial charge in [-0.05, 0) is 44.8 Å². The van der Waals surface area contributed by atoms with Gasteiger partial charge in [-0.1, -0.05) is 35.1 Å². The van der Waals surface area contributed by atoms with Gasteiger partial charge < -0.3 is 4.90 Å². The predicted octanol–water partition coefficient (Wildman–Crippen LogP) is 4.95. The SMILES string of the molecule is Cc1cccc2sc(N(CCN(C)C)C(=O)c3ccc(Cl)s3)nc12.Cl. The number of amides is 1. The number of aryl methyl sites for hydroxylation is 1. The Kier molecular flexibility index (Phi) is 6.82. The molecule has 0 spiro atoms. The standard InChI is InChI=1S/C17H18ClN3OS2.ClH/c1-11-5-4-6-12-15(11)19-17(24-12)21(10-9-20(2)3)16(22)13-7-8-14(18)23-13;/h4-8H,9-10H2,1-3H3;1H. The van der Waals surface area contributed by atoms with Gasteiger partial charge in [-0.2, -0.15) is 0 Å². The van der Waals surface area contributed by atoms with Crippen molar-refractivity contribution in [3.05, 3.63) is 45.1 Å². The van der Waals surface area contributed by atoms with E-state index in [0.29, 0.717) is 15.8 Å². The smallest absolute Gasteiger partial charge is 0.270 e. The van der Waals surface area contributed by atoms with Crippen molar-refractivity contribution >= 4 is 67.9 Å². The lowest BCUT2D eigenvalue weighted by Crippen LogP contribution is -2.36. The van der Waals surface area contributed by atoms with E-state index in [-0.39, 0.29) is 18.3 Å². The van der Waals surface area contributed by atoms with Crippen molar-refractivity contribution in [1.82, 2.24) is 9.88 Å². The van der Waals surface area contributed by atoms with Crippen LogP contribution >= 0.6 is 46.7 Å². The third-order valence-electron chi connectivity index (χ3n) is 3.64. The first-order chi connectivity index (χ1) is 11.5. The van der Waals surface area contributed by atoms with Gasteiger partial charge in [0.25, 0.3) is 5.91 Å². The van der Waals surface area contributed by atoms with Gasteiger partial charge in [0.1, 0.15) is 0 Å². The monoisotopic (exact) mass is 415 g/mol. The first kappa shape index (κ1) is 20.1. The second kappa shape index (κ2) is 8.47. The molecule has 3 aromatic rings. The maximum atomic E-state index is 13.0. The van der Waals surface area contributed by atoms with E-state index in [1.807, 2.05) is 39.2 Å². The van der Waals surface area contributed by atoms with Crippen LogP contribution in [0.25, 0.3) is 10.2 Å². The van der Waals surface area contributed by atoms with Crippen LogP contribution in [0.3, 0.4) is 0 Å². The van der Waals surface area contributed by atoms with Crippen LogP contribution in [0.5, 0.6) is 0 Å². The third kappa shape index (κ3) is 4.51. The molecule has 2 aromatic heterocycles. The fourth-order valence-electron chi connectivity index (χ4n) is 2.34. The Morgan fingerprint density at radius 3 is 2.52 bits per heavy atom. The molecule has 0 atom stereocenters. The number of fused-ring (bicyclic) bond motifs is 1. The minimum absolute atomic E-state index is 0. The van der Waals surface area contributed by atoms with Crippen molar-refractivity contribution in [1.29, 1.82) is 0 Å². The van der Waals surface area contributed by atoms with Gasteiger partial charge in [0, 0.05) is 13.1 Å². The Hall–Kier alpha value is -1.18. The van der Waals surface area contributed by atoms with Crippen molar-refractivity contribution in [3.8, 4) is 0 Å². The van der Waals surface area contributed by atoms with Gasteiger partial charge in [-0.3, -0.25) is 9.69 Å². The fraction of sp³-hybridized carbons (Fsp3) is 0.294. The summed E-state index contributed by atoms with van der Waals surface area (Å²) >= 11 is 8.84. The molecule has 25 heavy (non-hydrogen) atoms. The molecule has 0 N–H and O–H groups in total. The molecule has 3 rings (SSSR count). The van der Waals surface area contributed by atoms with E-state index in [2.05, 4.69) is 4.90 Å². The van der Waals surface area contributed by atoms with Gasteiger partial charge in [0.05, 0.1) is 19.4 Å². The number of aromatic nitrogens is 1. The predicted molar refractivity (Wildman–Crippen MR) is 111 cm³/mol. The third-order valence-corrected chi connectivity index (χ3v) is 5.90. The highest BCUT2D eigenvalue weighted by atomic mass is 35.5. The molecule has 0 aliphatic heterocycles. The highest BCUT2D eigenvalue weighted by Crippen LogP contribution is 2.32. The summed E-state index contributed by atoms with van der Waals surface area (Å²) in [6, 6.07) is 9.63. The minimum atomic E-state index is -0.0505. The van der Waals surface area contributed by atoms with Crippen LogP contribution in [0.2, 0.25) is 4.34 Å². The second-order valence-electron chi connectivity index (χ2n) is 5.78. The van der Waals surface area contributed by atoms with Crippen LogP contribution in [0, 0.1) is 6.92 Å². The van der Waals surface area contributed by atoms with Crippen molar-refractivity contribution < 1.29 is 4.79 Å². The Morgan fingerprint density at radius 1 is 1.16 bits per heavy atom. The molecule has 0 aliphatic carbocycles. The zero-order valence-electron chi connectivity index (χ0n) is 14.2. The molecule has 0 aliphatic rings. The van der Waals surface area contributed by atoms with Crippen molar-refractivity contribution in [2.45, 2.75) is 6.92 Å². The van der Waals surface area contributed by atoms with E-state index in [4.69, 9.17) is 16.6 Å². The molecule has 8 heteroatoms. The van der Waals surface area contributed by atoms with Gasteiger partial charge in [0.15, 0.2) is 5.13 Å². The highest BCUT2D eigenvalue weighted by molar-refractivity contribution is 7.22. The fourth-order valence-corrected chi connectivity index (χ4v) is 4.40.